The van der Waals surface area contributed by atoms with Gasteiger partial charge in [0.2, 0.25) is 0 Å². The Kier molecular flexibility index (Phi) is 23.1. The normalized spacial score (nSPS) is 11.2. The van der Waals surface area contributed by atoms with E-state index >= 15 is 0 Å². The van der Waals surface area contributed by atoms with Crippen LogP contribution in [0, 0.1) is 0 Å². The Balaban J connectivity index is -0.000000405. The first-order valence-corrected chi connectivity index (χ1v) is 4.34. The van der Waals surface area contributed by atoms with Gasteiger partial charge in [0.25, 0.3) is 0 Å². The Morgan fingerprint density at radius 3 is 2.17 bits per heavy atom. The Hall–Kier alpha value is 1.19. The molecule has 3 heteroatoms. The Morgan fingerprint density at radius 2 is 1.75 bits per heavy atom. The van der Waals surface area contributed by atoms with E-state index < -0.39 is 0 Å². The van der Waals surface area contributed by atoms with Crippen molar-refractivity contribution in [2.24, 2.45) is 0 Å². The molecule has 0 aromatic rings. The molecule has 0 aliphatic rings. The zero-order valence-corrected chi connectivity index (χ0v) is 14.9. The molecule has 0 rings (SSSR count). The van der Waals surface area contributed by atoms with Crippen LogP contribution in [0.4, 0.5) is 0 Å². The van der Waals surface area contributed by atoms with E-state index in [0.717, 1.165) is 0 Å². The smallest absolute Gasteiger partial charge is 1.00 e. The van der Waals surface area contributed by atoms with Crippen LogP contribution in [0.1, 0.15) is 46.0 Å². The van der Waals surface area contributed by atoms with Gasteiger partial charge >= 0.3 is 27.7 Å². The van der Waals surface area contributed by atoms with Crippen LogP contribution in [0.25, 0.3) is 0 Å². The fourth-order valence-electron chi connectivity index (χ4n) is 0.976. The van der Waals surface area contributed by atoms with Crippen molar-refractivity contribution in [3.8, 4) is 0 Å². The molecule has 0 heterocycles. The number of hydrogen-bond donors (Lipinski definition) is 0. The second kappa shape index (κ2) is 14.7. The summed E-state index contributed by atoms with van der Waals surface area (Å²) < 4.78 is 5.13. The summed E-state index contributed by atoms with van der Waals surface area (Å²) >= 11 is 0. The average Bonchev–Trinajstić information content (AvgIpc) is 1.98. The van der Waals surface area contributed by atoms with Crippen LogP contribution in [-0.4, -0.2) is 13.2 Å². The molecule has 0 aliphatic heterocycles. The average molecular weight is 380 g/mol. The molecule has 1 atom stereocenters. The second-order valence-corrected chi connectivity index (χ2v) is 2.90. The standard InChI is InChI=1S/C9H20O.ClH.Hg/c1-4-5-6-7-8-9(2)10-3;;/h9H,4-8H2,1-3H3;1H;/q;;+1/p-1. The van der Waals surface area contributed by atoms with Gasteiger partial charge in [0.1, 0.15) is 0 Å². The van der Waals surface area contributed by atoms with Gasteiger partial charge in [-0.1, -0.05) is 32.6 Å². The largest absolute Gasteiger partial charge is 1.00 e. The fourth-order valence-corrected chi connectivity index (χ4v) is 0.976. The molecule has 0 aromatic heterocycles. The fraction of sp³-hybridized carbons (Fsp3) is 1.00. The third-order valence-electron chi connectivity index (χ3n) is 1.87. The third-order valence-corrected chi connectivity index (χ3v) is 1.87. The quantitative estimate of drug-likeness (QED) is 0.466. The molecule has 0 aliphatic carbocycles. The number of ether oxygens (including phenoxy) is 1. The molecule has 71 valence electrons. The molecule has 0 saturated heterocycles. The van der Waals surface area contributed by atoms with Crippen LogP contribution >= 0.6 is 0 Å². The maximum absolute atomic E-state index is 5.13. The summed E-state index contributed by atoms with van der Waals surface area (Å²) in [4.78, 5) is 0. The SMILES string of the molecule is CCCCCCC(C)OC.[Cl-].[Hg+]. The van der Waals surface area contributed by atoms with Crippen LogP contribution in [0.15, 0.2) is 0 Å². The summed E-state index contributed by atoms with van der Waals surface area (Å²) in [6.45, 7) is 4.37. The van der Waals surface area contributed by atoms with E-state index in [4.69, 9.17) is 4.74 Å². The van der Waals surface area contributed by atoms with E-state index in [9.17, 15) is 0 Å². The van der Waals surface area contributed by atoms with Crippen molar-refractivity contribution in [2.45, 2.75) is 52.1 Å². The molecule has 0 amide bonds. The van der Waals surface area contributed by atoms with Crippen molar-refractivity contribution in [3.63, 3.8) is 0 Å². The summed E-state index contributed by atoms with van der Waals surface area (Å²) in [6.07, 6.45) is 7.05. The van der Waals surface area contributed by atoms with Crippen molar-refractivity contribution in [1.82, 2.24) is 0 Å². The summed E-state index contributed by atoms with van der Waals surface area (Å²) in [7, 11) is 1.78. The van der Waals surface area contributed by atoms with Crippen molar-refractivity contribution in [3.05, 3.63) is 0 Å². The number of hydrogen-bond acceptors (Lipinski definition) is 1. The predicted molar refractivity (Wildman–Crippen MR) is 45.2 cm³/mol. The summed E-state index contributed by atoms with van der Waals surface area (Å²) in [5.41, 5.74) is 0. The van der Waals surface area contributed by atoms with Gasteiger partial charge in [-0.2, -0.15) is 0 Å². The molecular formula is C9H20ClHgO. The molecule has 0 aromatic carbocycles. The molecule has 0 bridgehead atoms. The molecular weight excluding hydrogens is 360 g/mol. The van der Waals surface area contributed by atoms with Gasteiger partial charge in [-0.15, -0.1) is 0 Å². The van der Waals surface area contributed by atoms with E-state index in [-0.39, 0.29) is 40.1 Å². The number of halogens is 1. The predicted octanol–water partition coefficient (Wildman–Crippen LogP) is -0.00680. The summed E-state index contributed by atoms with van der Waals surface area (Å²) in [5.74, 6) is 0. The molecule has 1 nitrogen and oxygen atoms in total. The van der Waals surface area contributed by atoms with Crippen LogP contribution < -0.4 is 12.4 Å². The van der Waals surface area contributed by atoms with Crippen molar-refractivity contribution < 1.29 is 44.8 Å². The van der Waals surface area contributed by atoms with Gasteiger partial charge in [0.05, 0.1) is 6.10 Å². The first-order valence-electron chi connectivity index (χ1n) is 4.34. The van der Waals surface area contributed by atoms with Gasteiger partial charge in [-0.3, -0.25) is 0 Å². The Labute approximate surface area is 104 Å². The minimum Gasteiger partial charge on any atom is -1.00 e. The Morgan fingerprint density at radius 1 is 1.17 bits per heavy atom. The van der Waals surface area contributed by atoms with Crippen LogP contribution in [0.2, 0.25) is 0 Å². The van der Waals surface area contributed by atoms with Gasteiger partial charge in [-0.25, -0.2) is 0 Å². The molecule has 0 fully saturated rings. The second-order valence-electron chi connectivity index (χ2n) is 2.90. The topological polar surface area (TPSA) is 9.23 Å². The number of rotatable bonds is 6. The van der Waals surface area contributed by atoms with Crippen molar-refractivity contribution >= 4 is 0 Å². The summed E-state index contributed by atoms with van der Waals surface area (Å²) in [5, 5.41) is 0. The van der Waals surface area contributed by atoms with Gasteiger partial charge in [-0.05, 0) is 13.3 Å². The van der Waals surface area contributed by atoms with Gasteiger partial charge < -0.3 is 17.1 Å². The van der Waals surface area contributed by atoms with E-state index in [0.29, 0.717) is 6.10 Å². The molecule has 0 spiro atoms. The monoisotopic (exact) mass is 381 g/mol. The maximum atomic E-state index is 5.13. The molecule has 0 N–H and O–H groups in total. The van der Waals surface area contributed by atoms with Gasteiger partial charge in [0.15, 0.2) is 0 Å². The first kappa shape index (κ1) is 18.9. The molecule has 1 unspecified atom stereocenters. The van der Waals surface area contributed by atoms with E-state index in [1.54, 1.807) is 7.11 Å². The molecule has 12 heavy (non-hydrogen) atoms. The zero-order chi connectivity index (χ0) is 7.82. The van der Waals surface area contributed by atoms with E-state index in [1.165, 1.54) is 32.1 Å². The van der Waals surface area contributed by atoms with Crippen LogP contribution in [0.5, 0.6) is 0 Å². The zero-order valence-electron chi connectivity index (χ0n) is 8.61. The number of methoxy groups -OCH3 is 1. The number of unbranched alkanes of at least 4 members (excludes halogenated alkanes) is 3. The van der Waals surface area contributed by atoms with Crippen molar-refractivity contribution in [2.75, 3.05) is 7.11 Å². The molecule has 1 radical (unpaired) electrons. The third kappa shape index (κ3) is 13.8. The minimum absolute atomic E-state index is 0. The van der Waals surface area contributed by atoms with Crippen LogP contribution in [-0.2, 0) is 32.4 Å². The van der Waals surface area contributed by atoms with E-state index in [1.807, 2.05) is 0 Å². The Bertz CT molecular complexity index is 71.5. The molecule has 0 saturated carbocycles. The van der Waals surface area contributed by atoms with Gasteiger partial charge in [0, 0.05) is 7.11 Å². The summed E-state index contributed by atoms with van der Waals surface area (Å²) in [6, 6.07) is 0. The van der Waals surface area contributed by atoms with E-state index in [2.05, 4.69) is 13.8 Å². The maximum Gasteiger partial charge on any atom is 1.00 e. The van der Waals surface area contributed by atoms with Crippen LogP contribution in [0.3, 0.4) is 0 Å². The first-order chi connectivity index (χ1) is 4.81. The minimum atomic E-state index is 0. The van der Waals surface area contributed by atoms with Crippen molar-refractivity contribution in [1.29, 1.82) is 0 Å².